The molecule has 5 heteroatoms. The number of hydrogen-bond acceptors (Lipinski definition) is 3. The molecule has 130 valence electrons. The van der Waals surface area contributed by atoms with E-state index in [1.54, 1.807) is 0 Å². The molecular formula is C18H31N3O2. The van der Waals surface area contributed by atoms with Crippen molar-refractivity contribution < 1.29 is 9.53 Å². The van der Waals surface area contributed by atoms with E-state index in [1.807, 2.05) is 33.3 Å². The van der Waals surface area contributed by atoms with Gasteiger partial charge in [0.2, 0.25) is 0 Å². The van der Waals surface area contributed by atoms with Crippen molar-refractivity contribution in [3.8, 4) is 0 Å². The Kier molecular flexibility index (Phi) is 5.71. The molecule has 1 aromatic heterocycles. The number of imidazole rings is 1. The first kappa shape index (κ1) is 17.8. The number of alkyl carbamates (subject to hydrolysis) is 1. The minimum Gasteiger partial charge on any atom is -0.444 e. The molecule has 1 aromatic rings. The highest BCUT2D eigenvalue weighted by Crippen LogP contribution is 2.42. The second-order valence-electron chi connectivity index (χ2n) is 7.75. The van der Waals surface area contributed by atoms with Crippen LogP contribution in [0.15, 0.2) is 12.5 Å². The molecule has 0 aromatic carbocycles. The van der Waals surface area contributed by atoms with Crippen LogP contribution in [-0.2, 0) is 17.7 Å². The number of nitrogens with one attached hydrogen (secondary N) is 1. The normalized spacial score (nSPS) is 17.2. The Hall–Kier alpha value is -1.52. The van der Waals surface area contributed by atoms with Crippen LogP contribution >= 0.6 is 0 Å². The van der Waals surface area contributed by atoms with Gasteiger partial charge >= 0.3 is 6.09 Å². The first-order valence-corrected chi connectivity index (χ1v) is 8.79. The number of hydrogen-bond donors (Lipinski definition) is 1. The van der Waals surface area contributed by atoms with E-state index >= 15 is 0 Å². The molecule has 1 saturated carbocycles. The van der Waals surface area contributed by atoms with Gasteiger partial charge in [-0.3, -0.25) is 0 Å². The summed E-state index contributed by atoms with van der Waals surface area (Å²) in [5.41, 5.74) is 1.16. The molecule has 0 aliphatic heterocycles. The number of amides is 1. The quantitative estimate of drug-likeness (QED) is 0.864. The van der Waals surface area contributed by atoms with Crippen LogP contribution in [0.2, 0.25) is 0 Å². The van der Waals surface area contributed by atoms with Gasteiger partial charge in [-0.15, -0.1) is 0 Å². The highest BCUT2D eigenvalue weighted by atomic mass is 16.6. The third-order valence-electron chi connectivity index (χ3n) is 4.77. The van der Waals surface area contributed by atoms with Gasteiger partial charge < -0.3 is 14.6 Å². The predicted molar refractivity (Wildman–Crippen MR) is 91.4 cm³/mol. The molecule has 1 N–H and O–H groups in total. The molecule has 0 saturated heterocycles. The van der Waals surface area contributed by atoms with Gasteiger partial charge in [0.25, 0.3) is 0 Å². The lowest BCUT2D eigenvalue weighted by Crippen LogP contribution is -2.34. The molecule has 0 spiro atoms. The summed E-state index contributed by atoms with van der Waals surface area (Å²) in [6, 6.07) is 0. The van der Waals surface area contributed by atoms with Crippen molar-refractivity contribution in [1.82, 2.24) is 14.9 Å². The fourth-order valence-electron chi connectivity index (χ4n) is 3.42. The smallest absolute Gasteiger partial charge is 0.407 e. The average molecular weight is 321 g/mol. The first-order chi connectivity index (χ1) is 10.8. The Balaban J connectivity index is 1.85. The van der Waals surface area contributed by atoms with Crippen molar-refractivity contribution in [3.05, 3.63) is 18.2 Å². The minimum absolute atomic E-state index is 0.357. The zero-order valence-corrected chi connectivity index (χ0v) is 15.0. The zero-order valence-electron chi connectivity index (χ0n) is 15.0. The molecule has 23 heavy (non-hydrogen) atoms. The molecule has 1 amide bonds. The number of rotatable bonds is 6. The number of carbonyl (C=O) groups is 1. The lowest BCUT2D eigenvalue weighted by atomic mass is 9.83. The lowest BCUT2D eigenvalue weighted by Gasteiger charge is -2.28. The first-order valence-electron chi connectivity index (χ1n) is 8.79. The van der Waals surface area contributed by atoms with E-state index in [9.17, 15) is 4.79 Å². The molecule has 0 radical (unpaired) electrons. The topological polar surface area (TPSA) is 56.2 Å². The Morgan fingerprint density at radius 2 is 2.09 bits per heavy atom. The van der Waals surface area contributed by atoms with Crippen LogP contribution in [0.3, 0.4) is 0 Å². The molecule has 0 atom stereocenters. The number of aromatic nitrogens is 2. The van der Waals surface area contributed by atoms with E-state index in [1.165, 1.54) is 37.8 Å². The predicted octanol–water partition coefficient (Wildman–Crippen LogP) is 3.92. The van der Waals surface area contributed by atoms with Gasteiger partial charge in [-0.25, -0.2) is 9.78 Å². The number of nitrogens with zero attached hydrogens (tertiary/aromatic N) is 2. The van der Waals surface area contributed by atoms with Gasteiger partial charge in [0.05, 0.1) is 6.33 Å². The van der Waals surface area contributed by atoms with Crippen LogP contribution in [0.25, 0.3) is 0 Å². The molecule has 1 heterocycles. The van der Waals surface area contributed by atoms with E-state index in [4.69, 9.17) is 4.74 Å². The average Bonchev–Trinajstić information content (AvgIpc) is 3.08. The summed E-state index contributed by atoms with van der Waals surface area (Å²) in [7, 11) is 0. The van der Waals surface area contributed by atoms with Gasteiger partial charge in [-0.05, 0) is 45.4 Å². The van der Waals surface area contributed by atoms with Crippen molar-refractivity contribution in [2.45, 2.75) is 78.4 Å². The Morgan fingerprint density at radius 1 is 1.39 bits per heavy atom. The van der Waals surface area contributed by atoms with Crippen LogP contribution in [0.5, 0.6) is 0 Å². The van der Waals surface area contributed by atoms with Crippen molar-refractivity contribution in [3.63, 3.8) is 0 Å². The summed E-state index contributed by atoms with van der Waals surface area (Å²) >= 11 is 0. The largest absolute Gasteiger partial charge is 0.444 e. The third kappa shape index (κ3) is 5.26. The molecule has 1 aliphatic rings. The lowest BCUT2D eigenvalue weighted by molar-refractivity contribution is 0.0528. The van der Waals surface area contributed by atoms with Crippen molar-refractivity contribution >= 4 is 6.09 Å². The highest BCUT2D eigenvalue weighted by Gasteiger charge is 2.32. The second-order valence-corrected chi connectivity index (χ2v) is 7.75. The molecule has 1 aliphatic carbocycles. The molecule has 0 unspecified atom stereocenters. The van der Waals surface area contributed by atoms with Crippen molar-refractivity contribution in [2.75, 3.05) is 6.54 Å². The van der Waals surface area contributed by atoms with Gasteiger partial charge in [0.15, 0.2) is 0 Å². The Bertz CT molecular complexity index is 511. The van der Waals surface area contributed by atoms with Crippen LogP contribution in [-0.4, -0.2) is 27.8 Å². The Labute approximate surface area is 139 Å². The van der Waals surface area contributed by atoms with Crippen molar-refractivity contribution in [2.24, 2.45) is 5.41 Å². The molecule has 5 nitrogen and oxygen atoms in total. The fraction of sp³-hybridized carbons (Fsp3) is 0.778. The Morgan fingerprint density at radius 3 is 2.70 bits per heavy atom. The van der Waals surface area contributed by atoms with Gasteiger partial charge in [0, 0.05) is 31.4 Å². The van der Waals surface area contributed by atoms with Crippen LogP contribution < -0.4 is 5.32 Å². The van der Waals surface area contributed by atoms with E-state index in [0.717, 1.165) is 13.0 Å². The molecule has 0 bridgehead atoms. The second kappa shape index (κ2) is 7.37. The van der Waals surface area contributed by atoms with Crippen LogP contribution in [0.4, 0.5) is 4.79 Å². The SMILES string of the molecule is CCC1(Cn2cncc2CCNC(=O)OC(C)(C)C)CCCC1. The van der Waals surface area contributed by atoms with Gasteiger partial charge in [0.1, 0.15) is 5.60 Å². The minimum atomic E-state index is -0.457. The number of carbonyl (C=O) groups excluding carboxylic acids is 1. The summed E-state index contributed by atoms with van der Waals surface area (Å²) < 4.78 is 7.53. The number of ether oxygens (including phenoxy) is 1. The molecule has 1 fully saturated rings. The third-order valence-corrected chi connectivity index (χ3v) is 4.77. The summed E-state index contributed by atoms with van der Waals surface area (Å²) in [5.74, 6) is 0. The fourth-order valence-corrected chi connectivity index (χ4v) is 3.42. The van der Waals surface area contributed by atoms with Gasteiger partial charge in [-0.1, -0.05) is 19.8 Å². The van der Waals surface area contributed by atoms with E-state index in [-0.39, 0.29) is 6.09 Å². The monoisotopic (exact) mass is 321 g/mol. The van der Waals surface area contributed by atoms with Crippen LogP contribution in [0, 0.1) is 5.41 Å². The zero-order chi connectivity index (χ0) is 16.9. The molecular weight excluding hydrogens is 290 g/mol. The van der Waals surface area contributed by atoms with Gasteiger partial charge in [-0.2, -0.15) is 0 Å². The maximum Gasteiger partial charge on any atom is 0.407 e. The maximum absolute atomic E-state index is 11.7. The highest BCUT2D eigenvalue weighted by molar-refractivity contribution is 5.67. The van der Waals surface area contributed by atoms with Crippen molar-refractivity contribution in [1.29, 1.82) is 0 Å². The van der Waals surface area contributed by atoms with E-state index < -0.39 is 5.60 Å². The summed E-state index contributed by atoms with van der Waals surface area (Å²) in [6.07, 6.45) is 10.8. The summed E-state index contributed by atoms with van der Waals surface area (Å²) in [5, 5.41) is 2.82. The van der Waals surface area contributed by atoms with E-state index in [0.29, 0.717) is 12.0 Å². The van der Waals surface area contributed by atoms with E-state index in [2.05, 4.69) is 21.8 Å². The summed E-state index contributed by atoms with van der Waals surface area (Å²) in [4.78, 5) is 16.0. The maximum atomic E-state index is 11.7. The standard InChI is InChI=1S/C18H31N3O2/c1-5-18(9-6-7-10-18)13-21-14-19-12-15(21)8-11-20-16(22)23-17(2,3)4/h12,14H,5-11,13H2,1-4H3,(H,20,22). The van der Waals surface area contributed by atoms with Crippen LogP contribution in [0.1, 0.15) is 65.5 Å². The molecule has 2 rings (SSSR count). The summed E-state index contributed by atoms with van der Waals surface area (Å²) in [6.45, 7) is 9.52.